The van der Waals surface area contributed by atoms with Crippen LogP contribution < -0.4 is 4.72 Å². The Balaban J connectivity index is 1.74. The third-order valence-electron chi connectivity index (χ3n) is 4.26. The molecule has 0 radical (unpaired) electrons. The number of hydrogen-bond donors (Lipinski definition) is 1. The van der Waals surface area contributed by atoms with Gasteiger partial charge in [-0.15, -0.1) is 0 Å². The first-order chi connectivity index (χ1) is 10.5. The van der Waals surface area contributed by atoms with Crippen molar-refractivity contribution < 1.29 is 12.8 Å². The van der Waals surface area contributed by atoms with Crippen LogP contribution in [0.2, 0.25) is 0 Å². The second kappa shape index (κ2) is 8.10. The zero-order valence-electron chi connectivity index (χ0n) is 13.5. The molecule has 0 amide bonds. The average Bonchev–Trinajstić information content (AvgIpc) is 2.99. The number of likely N-dealkylation sites (tertiary alicyclic amines) is 1. The molecule has 1 N–H and O–H groups in total. The van der Waals surface area contributed by atoms with E-state index in [2.05, 4.69) is 9.62 Å². The summed E-state index contributed by atoms with van der Waals surface area (Å²) < 4.78 is 33.1. The SMILES string of the molecule is CCN(C)S(=O)(=O)NCC[C@@H]1CCCN(Cc2ccco2)C1. The van der Waals surface area contributed by atoms with Crippen molar-refractivity contribution >= 4 is 10.2 Å². The summed E-state index contributed by atoms with van der Waals surface area (Å²) in [5.74, 6) is 1.53. The van der Waals surface area contributed by atoms with Gasteiger partial charge in [0.2, 0.25) is 0 Å². The van der Waals surface area contributed by atoms with Crippen LogP contribution in [0.1, 0.15) is 31.9 Å². The molecule has 0 aromatic carbocycles. The van der Waals surface area contributed by atoms with Gasteiger partial charge < -0.3 is 4.42 Å². The molecule has 1 fully saturated rings. The number of furan rings is 1. The number of piperidine rings is 1. The Bertz CT molecular complexity index is 530. The van der Waals surface area contributed by atoms with Crippen LogP contribution in [0.15, 0.2) is 22.8 Å². The van der Waals surface area contributed by atoms with E-state index in [0.29, 0.717) is 19.0 Å². The molecule has 1 aliphatic rings. The molecule has 0 unspecified atom stereocenters. The highest BCUT2D eigenvalue weighted by Gasteiger charge is 2.21. The van der Waals surface area contributed by atoms with Crippen LogP contribution in [0, 0.1) is 5.92 Å². The van der Waals surface area contributed by atoms with Crippen LogP contribution in [-0.4, -0.2) is 50.8 Å². The zero-order chi connectivity index (χ0) is 16.0. The Labute approximate surface area is 133 Å². The smallest absolute Gasteiger partial charge is 0.279 e. The van der Waals surface area contributed by atoms with Gasteiger partial charge in [0, 0.05) is 26.7 Å². The summed E-state index contributed by atoms with van der Waals surface area (Å²) in [5.41, 5.74) is 0. The summed E-state index contributed by atoms with van der Waals surface area (Å²) >= 11 is 0. The second-order valence-electron chi connectivity index (χ2n) is 5.92. The lowest BCUT2D eigenvalue weighted by Crippen LogP contribution is -2.40. The highest BCUT2D eigenvalue weighted by atomic mass is 32.2. The molecule has 6 nitrogen and oxygen atoms in total. The summed E-state index contributed by atoms with van der Waals surface area (Å²) in [7, 11) is -1.72. The van der Waals surface area contributed by atoms with Crippen LogP contribution in [0.5, 0.6) is 0 Å². The zero-order valence-corrected chi connectivity index (χ0v) is 14.3. The molecule has 7 heteroatoms. The molecule has 1 aromatic heterocycles. The van der Waals surface area contributed by atoms with Gasteiger partial charge in [-0.25, -0.2) is 4.72 Å². The van der Waals surface area contributed by atoms with Crippen molar-refractivity contribution in [2.45, 2.75) is 32.7 Å². The fourth-order valence-electron chi connectivity index (χ4n) is 2.83. The number of nitrogens with zero attached hydrogens (tertiary/aromatic N) is 2. The summed E-state index contributed by atoms with van der Waals surface area (Å²) in [6.07, 6.45) is 4.91. The number of nitrogens with one attached hydrogen (secondary N) is 1. The van der Waals surface area contributed by atoms with E-state index in [1.165, 1.54) is 10.7 Å². The lowest BCUT2D eigenvalue weighted by atomic mass is 9.95. The number of rotatable bonds is 8. The summed E-state index contributed by atoms with van der Waals surface area (Å²) in [6.45, 7) is 5.75. The fourth-order valence-corrected chi connectivity index (χ4v) is 3.76. The highest BCUT2D eigenvalue weighted by Crippen LogP contribution is 2.21. The van der Waals surface area contributed by atoms with Gasteiger partial charge in [-0.2, -0.15) is 12.7 Å². The predicted molar refractivity (Wildman–Crippen MR) is 86.6 cm³/mol. The van der Waals surface area contributed by atoms with Crippen LogP contribution in [0.3, 0.4) is 0 Å². The van der Waals surface area contributed by atoms with E-state index in [9.17, 15) is 8.42 Å². The Morgan fingerprint density at radius 1 is 1.50 bits per heavy atom. The topological polar surface area (TPSA) is 65.8 Å². The van der Waals surface area contributed by atoms with Crippen molar-refractivity contribution in [3.8, 4) is 0 Å². The fraction of sp³-hybridized carbons (Fsp3) is 0.733. The van der Waals surface area contributed by atoms with Gasteiger partial charge in [0.15, 0.2) is 0 Å². The first kappa shape index (κ1) is 17.5. The molecule has 126 valence electrons. The summed E-state index contributed by atoms with van der Waals surface area (Å²) in [6, 6.07) is 3.91. The third kappa shape index (κ3) is 5.08. The van der Waals surface area contributed by atoms with Crippen molar-refractivity contribution in [1.29, 1.82) is 0 Å². The normalized spacial score (nSPS) is 20.6. The minimum absolute atomic E-state index is 0.482. The van der Waals surface area contributed by atoms with Crippen LogP contribution >= 0.6 is 0 Å². The standard InChI is InChI=1S/C15H27N3O3S/c1-3-17(2)22(19,20)16-9-8-14-6-4-10-18(12-14)13-15-7-5-11-21-15/h5,7,11,14,16H,3-4,6,8-10,12-13H2,1-2H3/t14-/m0/s1. The Hall–Kier alpha value is -0.890. The number of hydrogen-bond acceptors (Lipinski definition) is 4. The predicted octanol–water partition coefficient (Wildman–Crippen LogP) is 1.67. The minimum atomic E-state index is -3.31. The van der Waals surface area contributed by atoms with E-state index in [1.54, 1.807) is 13.3 Å². The van der Waals surface area contributed by atoms with E-state index in [1.807, 2.05) is 19.1 Å². The minimum Gasteiger partial charge on any atom is -0.468 e. The summed E-state index contributed by atoms with van der Waals surface area (Å²) in [5, 5.41) is 0. The Morgan fingerprint density at radius 3 is 3.00 bits per heavy atom. The van der Waals surface area contributed by atoms with Crippen LogP contribution in [0.4, 0.5) is 0 Å². The van der Waals surface area contributed by atoms with Gasteiger partial charge in [-0.05, 0) is 43.9 Å². The maximum Gasteiger partial charge on any atom is 0.279 e. The van der Waals surface area contributed by atoms with E-state index >= 15 is 0 Å². The van der Waals surface area contributed by atoms with Gasteiger partial charge in [-0.1, -0.05) is 6.92 Å². The molecule has 22 heavy (non-hydrogen) atoms. The van der Waals surface area contributed by atoms with Gasteiger partial charge in [-0.3, -0.25) is 4.90 Å². The van der Waals surface area contributed by atoms with Gasteiger partial charge in [0.25, 0.3) is 10.2 Å². The molecule has 1 atom stereocenters. The largest absolute Gasteiger partial charge is 0.468 e. The van der Waals surface area contributed by atoms with Gasteiger partial charge in [0.1, 0.15) is 5.76 Å². The highest BCUT2D eigenvalue weighted by molar-refractivity contribution is 7.87. The van der Waals surface area contributed by atoms with E-state index in [4.69, 9.17) is 4.42 Å². The van der Waals surface area contributed by atoms with Crippen molar-refractivity contribution in [1.82, 2.24) is 13.9 Å². The van der Waals surface area contributed by atoms with Crippen molar-refractivity contribution in [2.75, 3.05) is 33.2 Å². The van der Waals surface area contributed by atoms with Crippen molar-refractivity contribution in [3.63, 3.8) is 0 Å². The average molecular weight is 329 g/mol. The van der Waals surface area contributed by atoms with Crippen molar-refractivity contribution in [3.05, 3.63) is 24.2 Å². The Morgan fingerprint density at radius 2 is 2.32 bits per heavy atom. The summed E-state index contributed by atoms with van der Waals surface area (Å²) in [4.78, 5) is 2.39. The lowest BCUT2D eigenvalue weighted by molar-refractivity contribution is 0.152. The lowest BCUT2D eigenvalue weighted by Gasteiger charge is -2.32. The molecule has 2 heterocycles. The molecule has 1 saturated heterocycles. The third-order valence-corrected chi connectivity index (χ3v) is 5.90. The molecule has 0 saturated carbocycles. The van der Waals surface area contributed by atoms with Crippen LogP contribution in [-0.2, 0) is 16.8 Å². The molecule has 0 bridgehead atoms. The van der Waals surface area contributed by atoms with Gasteiger partial charge >= 0.3 is 0 Å². The maximum atomic E-state index is 11.9. The first-order valence-electron chi connectivity index (χ1n) is 7.97. The quantitative estimate of drug-likeness (QED) is 0.788. The van der Waals surface area contributed by atoms with E-state index in [0.717, 1.165) is 38.2 Å². The van der Waals surface area contributed by atoms with Gasteiger partial charge in [0.05, 0.1) is 12.8 Å². The molecular weight excluding hydrogens is 302 g/mol. The van der Waals surface area contributed by atoms with E-state index in [-0.39, 0.29) is 0 Å². The van der Waals surface area contributed by atoms with E-state index < -0.39 is 10.2 Å². The second-order valence-corrected chi connectivity index (χ2v) is 7.79. The molecule has 2 rings (SSSR count). The monoisotopic (exact) mass is 329 g/mol. The molecule has 0 aliphatic carbocycles. The van der Waals surface area contributed by atoms with Crippen molar-refractivity contribution in [2.24, 2.45) is 5.92 Å². The molecule has 0 spiro atoms. The molecule has 1 aliphatic heterocycles. The Kier molecular flexibility index (Phi) is 6.43. The molecular formula is C15H27N3O3S. The maximum absolute atomic E-state index is 11.9. The van der Waals surface area contributed by atoms with Crippen LogP contribution in [0.25, 0.3) is 0 Å². The molecule has 1 aromatic rings. The first-order valence-corrected chi connectivity index (χ1v) is 9.41.